The molecule has 0 aliphatic rings. The van der Waals surface area contributed by atoms with Gasteiger partial charge in [0.05, 0.1) is 17.3 Å². The molecule has 148 valence electrons. The van der Waals surface area contributed by atoms with E-state index in [4.69, 9.17) is 4.74 Å². The van der Waals surface area contributed by atoms with Crippen molar-refractivity contribution in [2.24, 2.45) is 0 Å². The second-order valence-electron chi connectivity index (χ2n) is 7.10. The quantitative estimate of drug-likeness (QED) is 0.423. The van der Waals surface area contributed by atoms with Gasteiger partial charge in [0.2, 0.25) is 0 Å². The van der Waals surface area contributed by atoms with Gasteiger partial charge >= 0.3 is 0 Å². The number of nitrogens with zero attached hydrogens (tertiary/aromatic N) is 2. The van der Waals surface area contributed by atoms with Gasteiger partial charge in [-0.2, -0.15) is 0 Å². The number of benzene rings is 2. The highest BCUT2D eigenvalue weighted by atomic mass is 32.1. The van der Waals surface area contributed by atoms with E-state index in [2.05, 4.69) is 40.3 Å². The van der Waals surface area contributed by atoms with E-state index in [1.165, 1.54) is 5.56 Å². The number of amides is 1. The number of methoxy groups -OCH3 is 1. The summed E-state index contributed by atoms with van der Waals surface area (Å²) in [6, 6.07) is 22.4. The Labute approximate surface area is 175 Å². The summed E-state index contributed by atoms with van der Waals surface area (Å²) in [6.07, 6.45) is 0.892. The molecule has 0 radical (unpaired) electrons. The van der Waals surface area contributed by atoms with Crippen LogP contribution in [-0.4, -0.2) is 29.5 Å². The molecule has 0 aliphatic carbocycles. The van der Waals surface area contributed by atoms with Crippen molar-refractivity contribution in [1.82, 2.24) is 9.47 Å². The first-order chi connectivity index (χ1) is 14.2. The van der Waals surface area contributed by atoms with E-state index in [0.717, 1.165) is 40.2 Å². The van der Waals surface area contributed by atoms with Crippen molar-refractivity contribution >= 4 is 27.5 Å². The zero-order chi connectivity index (χ0) is 20.2. The number of ether oxygens (including phenoxy) is 1. The zero-order valence-electron chi connectivity index (χ0n) is 16.7. The minimum atomic E-state index is 0.0391. The molecule has 0 bridgehead atoms. The highest BCUT2D eigenvalue weighted by Gasteiger charge is 2.20. The Morgan fingerprint density at radius 1 is 1.03 bits per heavy atom. The van der Waals surface area contributed by atoms with Crippen LogP contribution in [0, 0.1) is 0 Å². The monoisotopic (exact) mass is 404 g/mol. The molecule has 5 heteroatoms. The van der Waals surface area contributed by atoms with E-state index in [1.807, 2.05) is 43.4 Å². The number of thiophene rings is 1. The summed E-state index contributed by atoms with van der Waals surface area (Å²) in [5.74, 6) is 0.857. The van der Waals surface area contributed by atoms with E-state index in [-0.39, 0.29) is 5.91 Å². The molecule has 1 amide bonds. The summed E-state index contributed by atoms with van der Waals surface area (Å²) in [6.45, 7) is 1.34. The van der Waals surface area contributed by atoms with Crippen LogP contribution in [0.15, 0.2) is 72.1 Å². The van der Waals surface area contributed by atoms with Crippen molar-refractivity contribution in [2.45, 2.75) is 19.5 Å². The third kappa shape index (κ3) is 4.20. The Morgan fingerprint density at radius 2 is 1.79 bits per heavy atom. The number of rotatable bonds is 7. The number of aromatic nitrogens is 1. The number of hydrogen-bond donors (Lipinski definition) is 0. The molecule has 2 aromatic carbocycles. The van der Waals surface area contributed by atoms with Gasteiger partial charge in [-0.3, -0.25) is 4.79 Å². The minimum absolute atomic E-state index is 0.0391. The average molecular weight is 405 g/mol. The molecule has 0 saturated carbocycles. The van der Waals surface area contributed by atoms with Gasteiger partial charge in [-0.15, -0.1) is 11.3 Å². The Hall–Kier alpha value is -3.05. The second-order valence-corrected chi connectivity index (χ2v) is 8.04. The van der Waals surface area contributed by atoms with Crippen LogP contribution < -0.4 is 4.74 Å². The maximum Gasteiger partial charge on any atom is 0.270 e. The van der Waals surface area contributed by atoms with Crippen LogP contribution in [0.1, 0.15) is 21.6 Å². The summed E-state index contributed by atoms with van der Waals surface area (Å²) < 4.78 is 8.52. The molecule has 2 heterocycles. The lowest BCUT2D eigenvalue weighted by Gasteiger charge is -2.19. The molecule has 29 heavy (non-hydrogen) atoms. The largest absolute Gasteiger partial charge is 0.497 e. The van der Waals surface area contributed by atoms with Crippen molar-refractivity contribution in [1.29, 1.82) is 0 Å². The van der Waals surface area contributed by atoms with E-state index >= 15 is 0 Å². The molecular weight excluding hydrogens is 380 g/mol. The van der Waals surface area contributed by atoms with Crippen LogP contribution in [-0.2, 0) is 19.5 Å². The molecule has 0 spiro atoms. The first kappa shape index (κ1) is 19.3. The molecule has 0 saturated heterocycles. The van der Waals surface area contributed by atoms with Crippen molar-refractivity contribution in [3.05, 3.63) is 88.9 Å². The first-order valence-electron chi connectivity index (χ1n) is 9.65. The highest BCUT2D eigenvalue weighted by Crippen LogP contribution is 2.27. The third-order valence-corrected chi connectivity index (χ3v) is 5.99. The molecule has 4 rings (SSSR count). The maximum absolute atomic E-state index is 13.3. The number of carbonyl (C=O) groups is 1. The van der Waals surface area contributed by atoms with Crippen LogP contribution >= 0.6 is 11.3 Å². The number of aryl methyl sites for hydroxylation is 2. The van der Waals surface area contributed by atoms with E-state index in [0.29, 0.717) is 6.54 Å². The lowest BCUT2D eigenvalue weighted by atomic mass is 10.1. The molecule has 2 aromatic heterocycles. The predicted octanol–water partition coefficient (Wildman–Crippen LogP) is 5.23. The van der Waals surface area contributed by atoms with Crippen LogP contribution in [0.25, 0.3) is 10.2 Å². The van der Waals surface area contributed by atoms with Crippen molar-refractivity contribution in [2.75, 3.05) is 14.2 Å². The fourth-order valence-electron chi connectivity index (χ4n) is 3.55. The molecule has 4 aromatic rings. The smallest absolute Gasteiger partial charge is 0.270 e. The number of fused-ring (bicyclic) bond motifs is 1. The number of carbonyl (C=O) groups excluding carboxylic acids is 1. The van der Waals surface area contributed by atoms with Crippen molar-refractivity contribution < 1.29 is 9.53 Å². The van der Waals surface area contributed by atoms with Crippen LogP contribution in [0.2, 0.25) is 0 Å². The summed E-state index contributed by atoms with van der Waals surface area (Å²) in [5, 5.41) is 2.08. The van der Waals surface area contributed by atoms with Gasteiger partial charge in [0.25, 0.3) is 5.91 Å². The van der Waals surface area contributed by atoms with Crippen LogP contribution in [0.3, 0.4) is 0 Å². The van der Waals surface area contributed by atoms with Gasteiger partial charge in [0.15, 0.2) is 0 Å². The molecule has 0 unspecified atom stereocenters. The normalized spacial score (nSPS) is 11.0. The van der Waals surface area contributed by atoms with Gasteiger partial charge < -0.3 is 14.2 Å². The van der Waals surface area contributed by atoms with Gasteiger partial charge in [0, 0.05) is 20.1 Å². The molecule has 0 fully saturated rings. The second kappa shape index (κ2) is 8.53. The minimum Gasteiger partial charge on any atom is -0.497 e. The molecule has 0 N–H and O–H groups in total. The summed E-state index contributed by atoms with van der Waals surface area (Å²) in [4.78, 5) is 15.0. The molecule has 4 nitrogen and oxygen atoms in total. The number of hydrogen-bond acceptors (Lipinski definition) is 3. The average Bonchev–Trinajstić information content (AvgIpc) is 3.34. The van der Waals surface area contributed by atoms with Gasteiger partial charge in [-0.05, 0) is 47.2 Å². The van der Waals surface area contributed by atoms with Gasteiger partial charge in [-0.1, -0.05) is 42.5 Å². The summed E-state index contributed by atoms with van der Waals surface area (Å²) in [7, 11) is 3.51. The van der Waals surface area contributed by atoms with Crippen molar-refractivity contribution in [3.8, 4) is 5.75 Å². The Balaban J connectivity index is 1.55. The van der Waals surface area contributed by atoms with E-state index in [1.54, 1.807) is 23.3 Å². The third-order valence-electron chi connectivity index (χ3n) is 5.13. The van der Waals surface area contributed by atoms with E-state index in [9.17, 15) is 4.79 Å². The van der Waals surface area contributed by atoms with E-state index < -0.39 is 0 Å². The molecule has 0 atom stereocenters. The predicted molar refractivity (Wildman–Crippen MR) is 119 cm³/mol. The molecule has 0 aliphatic heterocycles. The fourth-order valence-corrected chi connectivity index (χ4v) is 4.38. The summed E-state index contributed by atoms with van der Waals surface area (Å²) in [5.41, 5.74) is 4.23. The zero-order valence-corrected chi connectivity index (χ0v) is 17.5. The van der Waals surface area contributed by atoms with Gasteiger partial charge in [0.1, 0.15) is 11.4 Å². The Bertz CT molecular complexity index is 1100. The maximum atomic E-state index is 13.3. The summed E-state index contributed by atoms with van der Waals surface area (Å²) >= 11 is 1.68. The topological polar surface area (TPSA) is 34.5 Å². The SMILES string of the molecule is COc1ccc(CN(C)C(=O)c2cc3sccc3n2CCc2ccccc2)cc1. The standard InChI is InChI=1S/C24H24N2O2S/c1-25(17-19-8-10-20(28-2)11-9-19)24(27)22-16-23-21(13-15-29-23)26(22)14-12-18-6-4-3-5-7-18/h3-11,13,15-16H,12,14,17H2,1-2H3. The lowest BCUT2D eigenvalue weighted by Crippen LogP contribution is -2.28. The molecular formula is C24H24N2O2S. The Kier molecular flexibility index (Phi) is 5.67. The van der Waals surface area contributed by atoms with Gasteiger partial charge in [-0.25, -0.2) is 0 Å². The van der Waals surface area contributed by atoms with Crippen molar-refractivity contribution in [3.63, 3.8) is 0 Å². The van der Waals surface area contributed by atoms with Crippen LogP contribution in [0.4, 0.5) is 0 Å². The fraction of sp³-hybridized carbons (Fsp3) is 0.208. The highest BCUT2D eigenvalue weighted by molar-refractivity contribution is 7.17. The Morgan fingerprint density at radius 3 is 2.52 bits per heavy atom. The first-order valence-corrected chi connectivity index (χ1v) is 10.5. The lowest BCUT2D eigenvalue weighted by molar-refractivity contribution is 0.0775. The van der Waals surface area contributed by atoms with Crippen LogP contribution in [0.5, 0.6) is 5.75 Å².